The fourth-order valence-electron chi connectivity index (χ4n) is 5.08. The van der Waals surface area contributed by atoms with Crippen LogP contribution in [-0.2, 0) is 14.9 Å². The van der Waals surface area contributed by atoms with E-state index in [1.165, 1.54) is 17.4 Å². The van der Waals surface area contributed by atoms with Crippen molar-refractivity contribution < 1.29 is 23.5 Å². The van der Waals surface area contributed by atoms with Crippen molar-refractivity contribution in [2.45, 2.75) is 71.8 Å². The molecular weight excluding hydrogens is 490 g/mol. The van der Waals surface area contributed by atoms with E-state index < -0.39 is 17.1 Å². The third-order valence-electron chi connectivity index (χ3n) is 6.84. The summed E-state index contributed by atoms with van der Waals surface area (Å²) in [6.45, 7) is 11.3. The highest BCUT2D eigenvalue weighted by Gasteiger charge is 2.47. The first-order chi connectivity index (χ1) is 17.5. The Bertz CT molecular complexity index is 1470. The maximum atomic E-state index is 13.4. The minimum atomic E-state index is -0.715. The molecular formula is C29H33NO6S. The number of hydrogen-bond acceptors (Lipinski definition) is 7. The van der Waals surface area contributed by atoms with Crippen LogP contribution < -0.4 is 10.7 Å². The number of fused-ring (bicyclic) bond motifs is 2. The van der Waals surface area contributed by atoms with Crippen molar-refractivity contribution in [3.05, 3.63) is 62.5 Å². The van der Waals surface area contributed by atoms with Crippen molar-refractivity contribution in [3.63, 3.8) is 0 Å². The second-order valence-electron chi connectivity index (χ2n) is 10.1. The molecule has 0 aliphatic heterocycles. The van der Waals surface area contributed by atoms with Crippen LogP contribution in [0.15, 0.2) is 50.2 Å². The zero-order valence-corrected chi connectivity index (χ0v) is 23.2. The molecule has 0 fully saturated rings. The quantitative estimate of drug-likeness (QED) is 0.361. The van der Waals surface area contributed by atoms with Crippen LogP contribution >= 0.6 is 11.3 Å². The van der Waals surface area contributed by atoms with E-state index in [9.17, 15) is 14.4 Å². The SMILES string of the molecule is CCC1=C(OC)C(CC)(CC)c2oc(-c3csc4ccc(NC(=O)OC(C)(C)C)cc34)cc(=O)c2C1=O. The van der Waals surface area contributed by atoms with Crippen molar-refractivity contribution in [1.29, 1.82) is 0 Å². The standard InChI is InChI=1S/C29H33NO6S/c1-8-17-24(32)23-20(31)14-21(35-26(23)29(9-2,10-3)25(17)34-7)19-15-37-22-12-11-16(13-18(19)22)30-27(33)36-28(4,5)6/h11-15H,8-10H2,1-7H3,(H,30,33). The minimum Gasteiger partial charge on any atom is -0.500 e. The third-order valence-corrected chi connectivity index (χ3v) is 7.80. The first kappa shape index (κ1) is 26.7. The van der Waals surface area contributed by atoms with Gasteiger partial charge in [0.1, 0.15) is 28.4 Å². The first-order valence-electron chi connectivity index (χ1n) is 12.5. The number of carbonyl (C=O) groups is 2. The number of amides is 1. The lowest BCUT2D eigenvalue weighted by atomic mass is 9.69. The number of benzene rings is 1. The number of rotatable bonds is 6. The van der Waals surface area contributed by atoms with E-state index >= 15 is 0 Å². The van der Waals surface area contributed by atoms with Gasteiger partial charge in [-0.15, -0.1) is 11.3 Å². The van der Waals surface area contributed by atoms with Crippen molar-refractivity contribution in [3.8, 4) is 11.3 Å². The van der Waals surface area contributed by atoms with E-state index in [4.69, 9.17) is 13.9 Å². The van der Waals surface area contributed by atoms with E-state index in [1.54, 1.807) is 33.9 Å². The van der Waals surface area contributed by atoms with Gasteiger partial charge in [0.25, 0.3) is 0 Å². The summed E-state index contributed by atoms with van der Waals surface area (Å²) >= 11 is 1.50. The normalized spacial score (nSPS) is 15.1. The van der Waals surface area contributed by atoms with Crippen molar-refractivity contribution >= 4 is 39.0 Å². The summed E-state index contributed by atoms with van der Waals surface area (Å²) in [7, 11) is 1.57. The molecule has 0 radical (unpaired) electrons. The maximum Gasteiger partial charge on any atom is 0.412 e. The Kier molecular flexibility index (Phi) is 7.08. The lowest BCUT2D eigenvalue weighted by Crippen LogP contribution is -2.39. The molecule has 0 saturated carbocycles. The molecule has 1 N–H and O–H groups in total. The predicted molar refractivity (Wildman–Crippen MR) is 147 cm³/mol. The Balaban J connectivity index is 1.87. The Hall–Kier alpha value is -3.39. The van der Waals surface area contributed by atoms with Gasteiger partial charge in [-0.25, -0.2) is 4.79 Å². The van der Waals surface area contributed by atoms with Gasteiger partial charge in [0, 0.05) is 38.4 Å². The van der Waals surface area contributed by atoms with Gasteiger partial charge < -0.3 is 13.9 Å². The van der Waals surface area contributed by atoms with Gasteiger partial charge in [-0.2, -0.15) is 0 Å². The van der Waals surface area contributed by atoms with E-state index in [2.05, 4.69) is 5.32 Å². The van der Waals surface area contributed by atoms with Crippen molar-refractivity contribution in [2.75, 3.05) is 12.4 Å². The van der Waals surface area contributed by atoms with Gasteiger partial charge in [-0.3, -0.25) is 14.9 Å². The Morgan fingerprint density at radius 3 is 2.41 bits per heavy atom. The summed E-state index contributed by atoms with van der Waals surface area (Å²) in [5.41, 5.74) is 0.194. The van der Waals surface area contributed by atoms with Crippen molar-refractivity contribution in [2.24, 2.45) is 0 Å². The molecule has 2 aromatic heterocycles. The molecule has 7 nitrogen and oxygen atoms in total. The van der Waals surface area contributed by atoms with E-state index in [-0.39, 0.29) is 16.8 Å². The predicted octanol–water partition coefficient (Wildman–Crippen LogP) is 7.43. The van der Waals surface area contributed by atoms with E-state index in [1.807, 2.05) is 38.3 Å². The van der Waals surface area contributed by atoms with E-state index in [0.29, 0.717) is 53.4 Å². The molecule has 0 saturated heterocycles. The molecule has 3 aromatic rings. The van der Waals surface area contributed by atoms with Crippen LogP contribution in [0.5, 0.6) is 0 Å². The van der Waals surface area contributed by atoms with Crippen LogP contribution in [0.4, 0.5) is 10.5 Å². The van der Waals surface area contributed by atoms with Gasteiger partial charge in [0.2, 0.25) is 0 Å². The molecule has 0 unspecified atom stereocenters. The monoisotopic (exact) mass is 523 g/mol. The topological polar surface area (TPSA) is 94.8 Å². The zero-order chi connectivity index (χ0) is 27.1. The highest BCUT2D eigenvalue weighted by atomic mass is 32.1. The molecule has 196 valence electrons. The first-order valence-corrected chi connectivity index (χ1v) is 13.4. The van der Waals surface area contributed by atoms with Gasteiger partial charge in [-0.1, -0.05) is 20.8 Å². The summed E-state index contributed by atoms with van der Waals surface area (Å²) in [5, 5.41) is 5.50. The van der Waals surface area contributed by atoms with Crippen molar-refractivity contribution in [1.82, 2.24) is 0 Å². The molecule has 1 aliphatic rings. The van der Waals surface area contributed by atoms with Gasteiger partial charge in [0.05, 0.1) is 12.5 Å². The lowest BCUT2D eigenvalue weighted by molar-refractivity contribution is 0.0635. The smallest absolute Gasteiger partial charge is 0.412 e. The highest BCUT2D eigenvalue weighted by molar-refractivity contribution is 7.17. The zero-order valence-electron chi connectivity index (χ0n) is 22.4. The third kappa shape index (κ3) is 4.59. The number of allylic oxidation sites excluding steroid dienone is 2. The summed E-state index contributed by atoms with van der Waals surface area (Å²) < 4.78 is 18.6. The largest absolute Gasteiger partial charge is 0.500 e. The molecule has 0 spiro atoms. The maximum absolute atomic E-state index is 13.4. The lowest BCUT2D eigenvalue weighted by Gasteiger charge is -2.37. The minimum absolute atomic E-state index is 0.0944. The summed E-state index contributed by atoms with van der Waals surface area (Å²) in [5.74, 6) is 0.989. The Labute approximate surface area is 220 Å². The number of hydrogen-bond donors (Lipinski definition) is 1. The van der Waals surface area contributed by atoms with Crippen LogP contribution in [0.3, 0.4) is 0 Å². The molecule has 0 bridgehead atoms. The number of anilines is 1. The van der Waals surface area contributed by atoms with Crippen LogP contribution in [0.2, 0.25) is 0 Å². The van der Waals surface area contributed by atoms with Gasteiger partial charge in [-0.05, 0) is 58.2 Å². The molecule has 2 heterocycles. The number of nitrogens with one attached hydrogen (secondary N) is 1. The fraction of sp³-hybridized carbons (Fsp3) is 0.414. The van der Waals surface area contributed by atoms with Crippen LogP contribution in [0, 0.1) is 0 Å². The van der Waals surface area contributed by atoms with Gasteiger partial charge >= 0.3 is 6.09 Å². The van der Waals surface area contributed by atoms with E-state index in [0.717, 1.165) is 10.1 Å². The van der Waals surface area contributed by atoms with Crippen LogP contribution in [0.1, 0.15) is 76.9 Å². The molecule has 1 aromatic carbocycles. The molecule has 8 heteroatoms. The second kappa shape index (κ2) is 9.82. The number of ether oxygens (including phenoxy) is 2. The Morgan fingerprint density at radius 2 is 1.81 bits per heavy atom. The van der Waals surface area contributed by atoms with Crippen LogP contribution in [-0.4, -0.2) is 24.6 Å². The molecule has 1 aliphatic carbocycles. The average Bonchev–Trinajstić information content (AvgIpc) is 3.25. The average molecular weight is 524 g/mol. The Morgan fingerprint density at radius 1 is 1.11 bits per heavy atom. The molecule has 37 heavy (non-hydrogen) atoms. The summed E-state index contributed by atoms with van der Waals surface area (Å²) in [6, 6.07) is 6.93. The highest BCUT2D eigenvalue weighted by Crippen LogP contribution is 2.47. The molecule has 1 amide bonds. The second-order valence-corrected chi connectivity index (χ2v) is 11.1. The number of ketones is 1. The number of thiophene rings is 1. The number of methoxy groups -OCH3 is 1. The summed E-state index contributed by atoms with van der Waals surface area (Å²) in [4.78, 5) is 39.1. The number of Topliss-reactive ketones (excluding diaryl/α,β-unsaturated/α-hetero) is 1. The number of carbonyl (C=O) groups excluding carboxylic acids is 2. The fourth-order valence-corrected chi connectivity index (χ4v) is 6.01. The van der Waals surface area contributed by atoms with Gasteiger partial charge in [0.15, 0.2) is 11.2 Å². The molecule has 4 rings (SSSR count). The van der Waals surface area contributed by atoms with Crippen LogP contribution in [0.25, 0.3) is 21.4 Å². The molecule has 0 atom stereocenters. The summed E-state index contributed by atoms with van der Waals surface area (Å²) in [6.07, 6.45) is 1.13.